The van der Waals surface area contributed by atoms with Crippen LogP contribution in [-0.2, 0) is 0 Å². The van der Waals surface area contributed by atoms with Crippen LogP contribution in [0, 0.1) is 0 Å². The van der Waals surface area contributed by atoms with E-state index in [-0.39, 0.29) is 0 Å². The zero-order valence-corrected chi connectivity index (χ0v) is 7.57. The van der Waals surface area contributed by atoms with Crippen molar-refractivity contribution in [2.24, 2.45) is 16.5 Å². The molecule has 3 nitrogen and oxygen atoms in total. The second-order valence-electron chi connectivity index (χ2n) is 2.65. The zero-order valence-electron chi connectivity index (χ0n) is 7.57. The van der Waals surface area contributed by atoms with Crippen molar-refractivity contribution in [3.05, 3.63) is 42.2 Å². The van der Waals surface area contributed by atoms with Crippen molar-refractivity contribution in [3.8, 4) is 0 Å². The maximum absolute atomic E-state index is 5.57. The van der Waals surface area contributed by atoms with Gasteiger partial charge in [-0.3, -0.25) is 4.99 Å². The van der Waals surface area contributed by atoms with Crippen molar-refractivity contribution in [2.45, 2.75) is 6.92 Å². The molecule has 1 aromatic rings. The molecule has 68 valence electrons. The highest BCUT2D eigenvalue weighted by molar-refractivity contribution is 5.98. The lowest BCUT2D eigenvalue weighted by atomic mass is 10.3. The van der Waals surface area contributed by atoms with Gasteiger partial charge in [-0.25, -0.2) is 0 Å². The number of allylic oxidation sites excluding steroid dienone is 1. The van der Waals surface area contributed by atoms with E-state index in [9.17, 15) is 0 Å². The third kappa shape index (κ3) is 2.63. The summed E-state index contributed by atoms with van der Waals surface area (Å²) in [7, 11) is 0. The van der Waals surface area contributed by atoms with Crippen LogP contribution in [0.25, 0.3) is 0 Å². The van der Waals surface area contributed by atoms with Gasteiger partial charge in [0.2, 0.25) is 0 Å². The SMILES string of the molecule is CC(=Nc1ccccc1)C(N)=CN. The van der Waals surface area contributed by atoms with Gasteiger partial charge in [-0.05, 0) is 19.1 Å². The Morgan fingerprint density at radius 3 is 2.46 bits per heavy atom. The summed E-state index contributed by atoms with van der Waals surface area (Å²) in [5, 5.41) is 0. The lowest BCUT2D eigenvalue weighted by molar-refractivity contribution is 1.36. The van der Waals surface area contributed by atoms with E-state index in [4.69, 9.17) is 11.5 Å². The molecule has 1 aromatic carbocycles. The van der Waals surface area contributed by atoms with Gasteiger partial charge in [-0.15, -0.1) is 0 Å². The Kier molecular flexibility index (Phi) is 3.09. The van der Waals surface area contributed by atoms with E-state index >= 15 is 0 Å². The normalized spacial score (nSPS) is 13.0. The third-order valence-electron chi connectivity index (χ3n) is 1.65. The summed E-state index contributed by atoms with van der Waals surface area (Å²) in [6, 6.07) is 9.61. The smallest absolute Gasteiger partial charge is 0.0687 e. The molecule has 3 heteroatoms. The van der Waals surface area contributed by atoms with E-state index in [1.165, 1.54) is 6.20 Å². The number of para-hydroxylation sites is 1. The predicted molar refractivity (Wildman–Crippen MR) is 55.7 cm³/mol. The monoisotopic (exact) mass is 175 g/mol. The Bertz CT molecular complexity index is 325. The Balaban J connectivity index is 2.89. The fourth-order valence-corrected chi connectivity index (χ4v) is 0.881. The molecule has 4 N–H and O–H groups in total. The Hall–Kier alpha value is -1.77. The molecule has 0 aliphatic rings. The van der Waals surface area contributed by atoms with Crippen LogP contribution in [0.3, 0.4) is 0 Å². The number of rotatable bonds is 2. The summed E-state index contributed by atoms with van der Waals surface area (Å²) in [6.45, 7) is 1.83. The molecule has 0 spiro atoms. The minimum atomic E-state index is 0.504. The van der Waals surface area contributed by atoms with Gasteiger partial charge in [0.1, 0.15) is 0 Å². The zero-order chi connectivity index (χ0) is 9.68. The number of aliphatic imine (C=N–C) groups is 1. The van der Waals surface area contributed by atoms with Crippen LogP contribution >= 0.6 is 0 Å². The predicted octanol–water partition coefficient (Wildman–Crippen LogP) is 1.54. The van der Waals surface area contributed by atoms with Gasteiger partial charge >= 0.3 is 0 Å². The van der Waals surface area contributed by atoms with Crippen molar-refractivity contribution >= 4 is 11.4 Å². The summed E-state index contributed by atoms with van der Waals surface area (Å²) in [5.74, 6) is 0. The van der Waals surface area contributed by atoms with Gasteiger partial charge in [-0.1, -0.05) is 18.2 Å². The molecule has 0 atom stereocenters. The third-order valence-corrected chi connectivity index (χ3v) is 1.65. The van der Waals surface area contributed by atoms with Crippen molar-refractivity contribution in [1.82, 2.24) is 0 Å². The Morgan fingerprint density at radius 2 is 1.92 bits per heavy atom. The maximum Gasteiger partial charge on any atom is 0.0687 e. The summed E-state index contributed by atoms with van der Waals surface area (Å²) in [4.78, 5) is 4.27. The van der Waals surface area contributed by atoms with Crippen LogP contribution in [0.4, 0.5) is 5.69 Å². The second-order valence-corrected chi connectivity index (χ2v) is 2.65. The summed E-state index contributed by atoms with van der Waals surface area (Å²) >= 11 is 0. The molecule has 1 rings (SSSR count). The quantitative estimate of drug-likeness (QED) is 0.669. The lowest BCUT2D eigenvalue weighted by Gasteiger charge is -1.99. The summed E-state index contributed by atoms with van der Waals surface area (Å²) in [6.07, 6.45) is 1.35. The van der Waals surface area contributed by atoms with Gasteiger partial charge < -0.3 is 11.5 Å². The minimum Gasteiger partial charge on any atom is -0.403 e. The molecule has 0 saturated heterocycles. The highest BCUT2D eigenvalue weighted by Crippen LogP contribution is 2.10. The van der Waals surface area contributed by atoms with E-state index in [0.717, 1.165) is 11.4 Å². The first-order valence-electron chi connectivity index (χ1n) is 4.02. The molecule has 0 unspecified atom stereocenters. The number of benzene rings is 1. The van der Waals surface area contributed by atoms with Gasteiger partial charge in [0, 0.05) is 6.20 Å². The van der Waals surface area contributed by atoms with Gasteiger partial charge in [-0.2, -0.15) is 0 Å². The topological polar surface area (TPSA) is 64.4 Å². The number of nitrogens with zero attached hydrogens (tertiary/aromatic N) is 1. The minimum absolute atomic E-state index is 0.504. The van der Waals surface area contributed by atoms with Crippen LogP contribution in [0.2, 0.25) is 0 Å². The van der Waals surface area contributed by atoms with Crippen LogP contribution in [0.15, 0.2) is 47.2 Å². The molecule has 0 fully saturated rings. The van der Waals surface area contributed by atoms with Crippen molar-refractivity contribution < 1.29 is 0 Å². The van der Waals surface area contributed by atoms with Crippen molar-refractivity contribution in [1.29, 1.82) is 0 Å². The molecule has 0 bridgehead atoms. The molecule has 0 heterocycles. The van der Waals surface area contributed by atoms with Crippen LogP contribution < -0.4 is 11.5 Å². The van der Waals surface area contributed by atoms with Crippen LogP contribution in [0.1, 0.15) is 6.92 Å². The highest BCUT2D eigenvalue weighted by Gasteiger charge is 1.94. The Labute approximate surface area is 77.8 Å². The van der Waals surface area contributed by atoms with Crippen LogP contribution in [-0.4, -0.2) is 5.71 Å². The maximum atomic E-state index is 5.57. The number of hydrogen-bond donors (Lipinski definition) is 2. The molecule has 0 aliphatic heterocycles. The molecule has 0 aromatic heterocycles. The Morgan fingerprint density at radius 1 is 1.31 bits per heavy atom. The molecule has 0 amide bonds. The van der Waals surface area contributed by atoms with Gasteiger partial charge in [0.15, 0.2) is 0 Å². The van der Waals surface area contributed by atoms with Gasteiger partial charge in [0.05, 0.1) is 17.1 Å². The molecule has 0 aliphatic carbocycles. The molecular formula is C10H13N3. The first-order chi connectivity index (χ1) is 6.24. The molecule has 0 radical (unpaired) electrons. The van der Waals surface area contributed by atoms with Crippen molar-refractivity contribution in [3.63, 3.8) is 0 Å². The summed E-state index contributed by atoms with van der Waals surface area (Å²) < 4.78 is 0. The van der Waals surface area contributed by atoms with Crippen molar-refractivity contribution in [2.75, 3.05) is 0 Å². The van der Waals surface area contributed by atoms with E-state index < -0.39 is 0 Å². The fourth-order valence-electron chi connectivity index (χ4n) is 0.881. The highest BCUT2D eigenvalue weighted by atomic mass is 14.8. The average Bonchev–Trinajstić information content (AvgIpc) is 2.18. The van der Waals surface area contributed by atoms with E-state index in [1.807, 2.05) is 37.3 Å². The number of hydrogen-bond acceptors (Lipinski definition) is 3. The first kappa shape index (κ1) is 9.32. The van der Waals surface area contributed by atoms with Crippen LogP contribution in [0.5, 0.6) is 0 Å². The standard InChI is InChI=1S/C10H13N3/c1-8(10(12)7-11)13-9-5-3-2-4-6-9/h2-7H,11-12H2,1H3. The van der Waals surface area contributed by atoms with E-state index in [1.54, 1.807) is 0 Å². The molecular weight excluding hydrogens is 162 g/mol. The van der Waals surface area contributed by atoms with Gasteiger partial charge in [0.25, 0.3) is 0 Å². The van der Waals surface area contributed by atoms with E-state index in [2.05, 4.69) is 4.99 Å². The molecule has 13 heavy (non-hydrogen) atoms. The second kappa shape index (κ2) is 4.30. The fraction of sp³-hybridized carbons (Fsp3) is 0.100. The number of nitrogens with two attached hydrogens (primary N) is 2. The first-order valence-corrected chi connectivity index (χ1v) is 4.02. The van der Waals surface area contributed by atoms with E-state index in [0.29, 0.717) is 5.70 Å². The summed E-state index contributed by atoms with van der Waals surface area (Å²) in [5.41, 5.74) is 12.9. The lowest BCUT2D eigenvalue weighted by Crippen LogP contribution is -2.09. The average molecular weight is 175 g/mol. The molecule has 0 saturated carbocycles. The largest absolute Gasteiger partial charge is 0.403 e.